The van der Waals surface area contributed by atoms with Crippen LogP contribution in [0.25, 0.3) is 0 Å². The van der Waals surface area contributed by atoms with E-state index in [2.05, 4.69) is 15.5 Å². The van der Waals surface area contributed by atoms with Crippen LogP contribution in [-0.2, 0) is 6.54 Å². The summed E-state index contributed by atoms with van der Waals surface area (Å²) in [6, 6.07) is 5.98. The lowest BCUT2D eigenvalue weighted by Crippen LogP contribution is -2.15. The smallest absolute Gasteiger partial charge is 0.269 e. The van der Waals surface area contributed by atoms with Crippen molar-refractivity contribution in [3.8, 4) is 0 Å². The third-order valence-electron chi connectivity index (χ3n) is 2.45. The average molecular weight is 248 g/mol. The first kappa shape index (κ1) is 12.1. The summed E-state index contributed by atoms with van der Waals surface area (Å²) in [7, 11) is 0. The highest BCUT2D eigenvalue weighted by Gasteiger charge is 2.11. The van der Waals surface area contributed by atoms with Gasteiger partial charge in [0, 0.05) is 12.1 Å². The molecule has 0 aliphatic carbocycles. The fourth-order valence-electron chi connectivity index (χ4n) is 1.55. The van der Waals surface area contributed by atoms with Gasteiger partial charge in [0.2, 0.25) is 0 Å². The van der Waals surface area contributed by atoms with E-state index >= 15 is 0 Å². The molecule has 0 aliphatic heterocycles. The maximum Gasteiger partial charge on any atom is 0.269 e. The molecule has 1 aromatic heterocycles. The maximum absolute atomic E-state index is 10.5. The van der Waals surface area contributed by atoms with E-state index in [1.165, 1.54) is 12.1 Å². The lowest BCUT2D eigenvalue weighted by molar-refractivity contribution is -0.384. The molecule has 2 rings (SSSR count). The van der Waals surface area contributed by atoms with Gasteiger partial charge in [-0.15, -0.1) is 5.10 Å². The van der Waals surface area contributed by atoms with Crippen molar-refractivity contribution < 1.29 is 4.92 Å². The number of aromatic nitrogens is 4. The van der Waals surface area contributed by atoms with Crippen molar-refractivity contribution in [1.82, 2.24) is 20.2 Å². The van der Waals surface area contributed by atoms with Gasteiger partial charge < -0.3 is 5.73 Å². The van der Waals surface area contributed by atoms with Gasteiger partial charge in [-0.3, -0.25) is 10.1 Å². The molecule has 0 radical (unpaired) electrons. The zero-order chi connectivity index (χ0) is 13.1. The van der Waals surface area contributed by atoms with Crippen LogP contribution >= 0.6 is 0 Å². The Balaban J connectivity index is 2.18. The number of tetrazole rings is 1. The molecule has 1 aromatic carbocycles. The molecule has 0 bridgehead atoms. The normalized spacial score (nSPS) is 12.3. The monoisotopic (exact) mass is 248 g/mol. The minimum Gasteiger partial charge on any atom is -0.322 e. The maximum atomic E-state index is 10.5. The highest BCUT2D eigenvalue weighted by atomic mass is 16.6. The Morgan fingerprint density at radius 1 is 1.44 bits per heavy atom. The Hall–Kier alpha value is -2.35. The number of nitro groups is 1. The Morgan fingerprint density at radius 2 is 2.11 bits per heavy atom. The molecule has 94 valence electrons. The highest BCUT2D eigenvalue weighted by molar-refractivity contribution is 5.32. The molecule has 0 amide bonds. The molecule has 8 heteroatoms. The molecule has 2 aromatic rings. The minimum absolute atomic E-state index is 0.0582. The van der Waals surface area contributed by atoms with Crippen molar-refractivity contribution in [1.29, 1.82) is 0 Å². The van der Waals surface area contributed by atoms with Crippen LogP contribution in [0.15, 0.2) is 24.3 Å². The number of hydrogen-bond donors (Lipinski definition) is 1. The molecule has 18 heavy (non-hydrogen) atoms. The summed E-state index contributed by atoms with van der Waals surface area (Å²) in [4.78, 5) is 10.1. The van der Waals surface area contributed by atoms with Crippen LogP contribution in [0, 0.1) is 10.1 Å². The van der Waals surface area contributed by atoms with Gasteiger partial charge in [0.25, 0.3) is 5.69 Å². The second-order valence-corrected chi connectivity index (χ2v) is 3.91. The van der Waals surface area contributed by atoms with Gasteiger partial charge in [0.15, 0.2) is 5.82 Å². The Morgan fingerprint density at radius 3 is 2.67 bits per heavy atom. The molecule has 0 saturated carbocycles. The van der Waals surface area contributed by atoms with Crippen LogP contribution in [0.3, 0.4) is 0 Å². The number of nitrogens with two attached hydrogens (primary N) is 1. The molecule has 2 N–H and O–H groups in total. The fourth-order valence-corrected chi connectivity index (χ4v) is 1.55. The van der Waals surface area contributed by atoms with Crippen molar-refractivity contribution >= 4 is 5.69 Å². The van der Waals surface area contributed by atoms with Crippen LogP contribution < -0.4 is 5.73 Å². The quantitative estimate of drug-likeness (QED) is 0.627. The minimum atomic E-state index is -0.436. The van der Waals surface area contributed by atoms with E-state index in [1.54, 1.807) is 23.7 Å². The van der Waals surface area contributed by atoms with Gasteiger partial charge in [0.1, 0.15) is 0 Å². The summed E-state index contributed by atoms with van der Waals surface area (Å²) < 4.78 is 1.58. The lowest BCUT2D eigenvalue weighted by atomic mass is 10.2. The summed E-state index contributed by atoms with van der Waals surface area (Å²) in [6.07, 6.45) is 0. The second kappa shape index (κ2) is 4.88. The first-order valence-electron chi connectivity index (χ1n) is 5.33. The van der Waals surface area contributed by atoms with Crippen LogP contribution in [0.4, 0.5) is 5.69 Å². The van der Waals surface area contributed by atoms with Crippen molar-refractivity contribution in [2.45, 2.75) is 19.5 Å². The SMILES string of the molecule is CC(N)c1nnnn1Cc1ccc([N+](=O)[O-])cc1. The fraction of sp³-hybridized carbons (Fsp3) is 0.300. The van der Waals surface area contributed by atoms with Crippen LogP contribution in [-0.4, -0.2) is 25.1 Å². The summed E-state index contributed by atoms with van der Waals surface area (Å²) in [6.45, 7) is 2.22. The van der Waals surface area contributed by atoms with E-state index in [0.717, 1.165) is 5.56 Å². The number of benzene rings is 1. The standard InChI is InChI=1S/C10H12N6O2/c1-7(11)10-12-13-14-15(10)6-8-2-4-9(5-3-8)16(17)18/h2-5,7H,6,11H2,1H3. The topological polar surface area (TPSA) is 113 Å². The Bertz CT molecular complexity index is 548. The number of hydrogen-bond acceptors (Lipinski definition) is 6. The average Bonchev–Trinajstić information content (AvgIpc) is 2.78. The molecular formula is C10H12N6O2. The van der Waals surface area contributed by atoms with Gasteiger partial charge in [-0.2, -0.15) is 0 Å². The largest absolute Gasteiger partial charge is 0.322 e. The van der Waals surface area contributed by atoms with Crippen LogP contribution in [0.1, 0.15) is 24.4 Å². The van der Waals surface area contributed by atoms with Crippen molar-refractivity contribution in [2.24, 2.45) is 5.73 Å². The van der Waals surface area contributed by atoms with E-state index in [1.807, 2.05) is 0 Å². The van der Waals surface area contributed by atoms with Gasteiger partial charge >= 0.3 is 0 Å². The van der Waals surface area contributed by atoms with Crippen molar-refractivity contribution in [2.75, 3.05) is 0 Å². The van der Waals surface area contributed by atoms with E-state index in [9.17, 15) is 10.1 Å². The summed E-state index contributed by atoms with van der Waals surface area (Å²) in [5, 5.41) is 21.7. The van der Waals surface area contributed by atoms with Crippen molar-refractivity contribution in [3.63, 3.8) is 0 Å². The molecule has 0 spiro atoms. The zero-order valence-corrected chi connectivity index (χ0v) is 9.72. The molecule has 8 nitrogen and oxygen atoms in total. The van der Waals surface area contributed by atoms with Crippen LogP contribution in [0.5, 0.6) is 0 Å². The van der Waals surface area contributed by atoms with Crippen molar-refractivity contribution in [3.05, 3.63) is 45.8 Å². The number of non-ortho nitro benzene ring substituents is 1. The van der Waals surface area contributed by atoms with E-state index < -0.39 is 4.92 Å². The predicted molar refractivity (Wildman–Crippen MR) is 62.6 cm³/mol. The highest BCUT2D eigenvalue weighted by Crippen LogP contribution is 2.13. The van der Waals surface area contributed by atoms with E-state index in [-0.39, 0.29) is 11.7 Å². The first-order valence-corrected chi connectivity index (χ1v) is 5.33. The Labute approximate surface area is 103 Å². The lowest BCUT2D eigenvalue weighted by Gasteiger charge is -2.06. The molecule has 0 aliphatic rings. The van der Waals surface area contributed by atoms with E-state index in [0.29, 0.717) is 12.4 Å². The van der Waals surface area contributed by atoms with Gasteiger partial charge in [-0.1, -0.05) is 12.1 Å². The molecule has 1 unspecified atom stereocenters. The third-order valence-corrected chi connectivity index (χ3v) is 2.45. The van der Waals surface area contributed by atoms with Gasteiger partial charge in [0.05, 0.1) is 17.5 Å². The molecule has 0 fully saturated rings. The van der Waals surface area contributed by atoms with Gasteiger partial charge in [-0.05, 0) is 22.9 Å². The predicted octanol–water partition coefficient (Wildman–Crippen LogP) is 0.649. The zero-order valence-electron chi connectivity index (χ0n) is 9.72. The molecule has 1 heterocycles. The van der Waals surface area contributed by atoms with E-state index in [4.69, 9.17) is 5.73 Å². The number of nitrogens with zero attached hydrogens (tertiary/aromatic N) is 5. The van der Waals surface area contributed by atoms with Gasteiger partial charge in [-0.25, -0.2) is 4.68 Å². The summed E-state index contributed by atoms with van der Waals surface area (Å²) in [5.41, 5.74) is 6.65. The first-order chi connectivity index (χ1) is 8.58. The summed E-state index contributed by atoms with van der Waals surface area (Å²) in [5.74, 6) is 0.577. The number of rotatable bonds is 4. The third kappa shape index (κ3) is 2.48. The Kier molecular flexibility index (Phi) is 3.28. The molecule has 0 saturated heterocycles. The summed E-state index contributed by atoms with van der Waals surface area (Å²) >= 11 is 0. The second-order valence-electron chi connectivity index (χ2n) is 3.91. The molecule has 1 atom stereocenters. The number of nitro benzene ring substituents is 1. The molecular weight excluding hydrogens is 236 g/mol. The van der Waals surface area contributed by atoms with Crippen LogP contribution in [0.2, 0.25) is 0 Å².